The average Bonchev–Trinajstić information content (AvgIpc) is 2.74. The second-order valence-electron chi connectivity index (χ2n) is 4.97. The van der Waals surface area contributed by atoms with Crippen molar-refractivity contribution >= 4 is 11.6 Å². The van der Waals surface area contributed by atoms with E-state index in [4.69, 9.17) is 11.5 Å². The van der Waals surface area contributed by atoms with Gasteiger partial charge in [-0.15, -0.1) is 0 Å². The zero-order chi connectivity index (χ0) is 12.5. The van der Waals surface area contributed by atoms with Crippen molar-refractivity contribution in [3.63, 3.8) is 0 Å². The summed E-state index contributed by atoms with van der Waals surface area (Å²) in [6, 6.07) is 8.15. The number of hydrogen-bond donors (Lipinski definition) is 2. The molecular weight excluding hydrogens is 214 g/mol. The number of rotatable bonds is 3. The molecule has 2 rings (SSSR count). The van der Waals surface area contributed by atoms with E-state index < -0.39 is 5.41 Å². The summed E-state index contributed by atoms with van der Waals surface area (Å²) in [7, 11) is 0. The van der Waals surface area contributed by atoms with Crippen LogP contribution in [-0.2, 0) is 11.3 Å². The molecular formula is C13H19N3O. The van der Waals surface area contributed by atoms with Crippen LogP contribution in [0.3, 0.4) is 0 Å². The number of primary amides is 1. The molecule has 1 unspecified atom stereocenters. The Kier molecular flexibility index (Phi) is 3.07. The first-order valence-electron chi connectivity index (χ1n) is 5.89. The standard InChI is InChI=1S/C13H19N3O/c1-13(12(15)17)6-7-16(9-13)11-4-2-10(8-14)3-5-11/h2-5H,6-9,14H2,1H3,(H2,15,17). The van der Waals surface area contributed by atoms with Crippen molar-refractivity contribution in [3.8, 4) is 0 Å². The van der Waals surface area contributed by atoms with Gasteiger partial charge in [0.05, 0.1) is 5.41 Å². The van der Waals surface area contributed by atoms with Gasteiger partial charge in [0, 0.05) is 25.3 Å². The summed E-state index contributed by atoms with van der Waals surface area (Å²) < 4.78 is 0. The van der Waals surface area contributed by atoms with E-state index in [1.54, 1.807) is 0 Å². The summed E-state index contributed by atoms with van der Waals surface area (Å²) in [5.41, 5.74) is 12.8. The highest BCUT2D eigenvalue weighted by Gasteiger charge is 2.38. The second kappa shape index (κ2) is 4.37. The van der Waals surface area contributed by atoms with E-state index in [0.29, 0.717) is 13.1 Å². The Labute approximate surface area is 102 Å². The van der Waals surface area contributed by atoms with Gasteiger partial charge in [-0.3, -0.25) is 4.79 Å². The molecule has 17 heavy (non-hydrogen) atoms. The lowest BCUT2D eigenvalue weighted by molar-refractivity contribution is -0.125. The molecule has 1 aromatic carbocycles. The summed E-state index contributed by atoms with van der Waals surface area (Å²) in [5.74, 6) is -0.210. The normalized spacial score (nSPS) is 24.0. The Bertz CT molecular complexity index is 415. The predicted octanol–water partition coefficient (Wildman–Crippen LogP) is 0.847. The van der Waals surface area contributed by atoms with E-state index >= 15 is 0 Å². The van der Waals surface area contributed by atoms with Crippen LogP contribution in [0.4, 0.5) is 5.69 Å². The monoisotopic (exact) mass is 233 g/mol. The number of amides is 1. The molecule has 4 nitrogen and oxygen atoms in total. The Hall–Kier alpha value is -1.55. The summed E-state index contributed by atoms with van der Waals surface area (Å²) in [6.07, 6.45) is 0.820. The molecule has 1 saturated heterocycles. The molecule has 0 aromatic heterocycles. The van der Waals surface area contributed by atoms with Crippen LogP contribution in [0, 0.1) is 5.41 Å². The van der Waals surface area contributed by atoms with Crippen LogP contribution in [-0.4, -0.2) is 19.0 Å². The molecule has 4 N–H and O–H groups in total. The lowest BCUT2D eigenvalue weighted by atomic mass is 9.89. The van der Waals surface area contributed by atoms with E-state index in [-0.39, 0.29) is 5.91 Å². The van der Waals surface area contributed by atoms with Crippen molar-refractivity contribution in [1.82, 2.24) is 0 Å². The molecule has 1 aliphatic rings. The fourth-order valence-corrected chi connectivity index (χ4v) is 2.23. The first kappa shape index (κ1) is 11.9. The van der Waals surface area contributed by atoms with Crippen molar-refractivity contribution in [3.05, 3.63) is 29.8 Å². The highest BCUT2D eigenvalue weighted by Crippen LogP contribution is 2.32. The Morgan fingerprint density at radius 3 is 2.53 bits per heavy atom. The number of carbonyl (C=O) groups excluding carboxylic acids is 1. The molecule has 92 valence electrons. The number of benzene rings is 1. The number of nitrogens with two attached hydrogens (primary N) is 2. The summed E-state index contributed by atoms with van der Waals surface area (Å²) in [5, 5.41) is 0. The van der Waals surface area contributed by atoms with Gasteiger partial charge in [0.1, 0.15) is 0 Å². The van der Waals surface area contributed by atoms with E-state index in [1.165, 1.54) is 0 Å². The molecule has 1 aromatic rings. The molecule has 1 amide bonds. The van der Waals surface area contributed by atoms with Gasteiger partial charge in [-0.05, 0) is 31.0 Å². The van der Waals surface area contributed by atoms with Crippen LogP contribution in [0.5, 0.6) is 0 Å². The van der Waals surface area contributed by atoms with Gasteiger partial charge in [0.25, 0.3) is 0 Å². The quantitative estimate of drug-likeness (QED) is 0.813. The van der Waals surface area contributed by atoms with Crippen LogP contribution in [0.25, 0.3) is 0 Å². The topological polar surface area (TPSA) is 72.4 Å². The lowest BCUT2D eigenvalue weighted by Crippen LogP contribution is -2.37. The molecule has 1 atom stereocenters. The largest absolute Gasteiger partial charge is 0.370 e. The number of carbonyl (C=O) groups is 1. The van der Waals surface area contributed by atoms with Crippen LogP contribution in [0.2, 0.25) is 0 Å². The lowest BCUT2D eigenvalue weighted by Gasteiger charge is -2.22. The first-order chi connectivity index (χ1) is 8.05. The molecule has 1 aliphatic heterocycles. The van der Waals surface area contributed by atoms with Gasteiger partial charge >= 0.3 is 0 Å². The third kappa shape index (κ3) is 2.26. The second-order valence-corrected chi connectivity index (χ2v) is 4.97. The van der Waals surface area contributed by atoms with E-state index in [9.17, 15) is 4.79 Å². The Morgan fingerprint density at radius 2 is 2.06 bits per heavy atom. The molecule has 0 radical (unpaired) electrons. The van der Waals surface area contributed by atoms with Gasteiger partial charge < -0.3 is 16.4 Å². The van der Waals surface area contributed by atoms with Crippen LogP contribution in [0.1, 0.15) is 18.9 Å². The van der Waals surface area contributed by atoms with Gasteiger partial charge in [-0.2, -0.15) is 0 Å². The highest BCUT2D eigenvalue weighted by atomic mass is 16.1. The average molecular weight is 233 g/mol. The Balaban J connectivity index is 2.12. The van der Waals surface area contributed by atoms with Crippen LogP contribution < -0.4 is 16.4 Å². The van der Waals surface area contributed by atoms with E-state index in [0.717, 1.165) is 24.2 Å². The summed E-state index contributed by atoms with van der Waals surface area (Å²) in [4.78, 5) is 13.6. The third-order valence-corrected chi connectivity index (χ3v) is 3.61. The maximum atomic E-state index is 11.4. The number of anilines is 1. The van der Waals surface area contributed by atoms with Crippen LogP contribution >= 0.6 is 0 Å². The first-order valence-corrected chi connectivity index (χ1v) is 5.89. The van der Waals surface area contributed by atoms with Gasteiger partial charge in [-0.25, -0.2) is 0 Å². The summed E-state index contributed by atoms with van der Waals surface area (Å²) in [6.45, 7) is 4.06. The molecule has 4 heteroatoms. The molecule has 1 fully saturated rings. The smallest absolute Gasteiger partial charge is 0.225 e. The predicted molar refractivity (Wildman–Crippen MR) is 68.5 cm³/mol. The van der Waals surface area contributed by atoms with Gasteiger partial charge in [0.2, 0.25) is 5.91 Å². The van der Waals surface area contributed by atoms with Crippen molar-refractivity contribution in [2.75, 3.05) is 18.0 Å². The molecule has 0 saturated carbocycles. The minimum Gasteiger partial charge on any atom is -0.370 e. The fourth-order valence-electron chi connectivity index (χ4n) is 2.23. The molecule has 1 heterocycles. The van der Waals surface area contributed by atoms with Gasteiger partial charge in [-0.1, -0.05) is 12.1 Å². The summed E-state index contributed by atoms with van der Waals surface area (Å²) >= 11 is 0. The van der Waals surface area contributed by atoms with Gasteiger partial charge in [0.15, 0.2) is 0 Å². The molecule has 0 bridgehead atoms. The Morgan fingerprint density at radius 1 is 1.41 bits per heavy atom. The van der Waals surface area contributed by atoms with Crippen molar-refractivity contribution < 1.29 is 4.79 Å². The zero-order valence-corrected chi connectivity index (χ0v) is 10.1. The minimum absolute atomic E-state index is 0.210. The third-order valence-electron chi connectivity index (χ3n) is 3.61. The fraction of sp³-hybridized carbons (Fsp3) is 0.462. The van der Waals surface area contributed by atoms with E-state index in [1.807, 2.05) is 19.1 Å². The van der Waals surface area contributed by atoms with E-state index in [2.05, 4.69) is 17.0 Å². The van der Waals surface area contributed by atoms with Crippen molar-refractivity contribution in [1.29, 1.82) is 0 Å². The number of nitrogens with zero attached hydrogens (tertiary/aromatic N) is 1. The van der Waals surface area contributed by atoms with Crippen LogP contribution in [0.15, 0.2) is 24.3 Å². The zero-order valence-electron chi connectivity index (χ0n) is 10.1. The minimum atomic E-state index is -0.396. The molecule has 0 aliphatic carbocycles. The SMILES string of the molecule is CC1(C(N)=O)CCN(c2ccc(CN)cc2)C1. The molecule has 0 spiro atoms. The number of hydrogen-bond acceptors (Lipinski definition) is 3. The van der Waals surface area contributed by atoms with Crippen molar-refractivity contribution in [2.24, 2.45) is 16.9 Å². The maximum Gasteiger partial charge on any atom is 0.225 e. The van der Waals surface area contributed by atoms with Crippen molar-refractivity contribution in [2.45, 2.75) is 19.9 Å². The highest BCUT2D eigenvalue weighted by molar-refractivity contribution is 5.82. The maximum absolute atomic E-state index is 11.4.